The Morgan fingerprint density at radius 3 is 2.84 bits per heavy atom. The number of aromatic nitrogens is 1. The topological polar surface area (TPSA) is 59.1 Å². The van der Waals surface area contributed by atoms with Crippen LogP contribution in [0.25, 0.3) is 10.9 Å². The highest BCUT2D eigenvalue weighted by Crippen LogP contribution is 2.44. The van der Waals surface area contributed by atoms with Gasteiger partial charge in [-0.1, -0.05) is 25.5 Å². The molecule has 0 amide bonds. The Kier molecular flexibility index (Phi) is 2.58. The van der Waals surface area contributed by atoms with Crippen LogP contribution in [0.5, 0.6) is 0 Å². The first-order valence-electron chi connectivity index (χ1n) is 6.74. The summed E-state index contributed by atoms with van der Waals surface area (Å²) in [6, 6.07) is 6.10. The molecule has 1 aliphatic carbocycles. The van der Waals surface area contributed by atoms with Gasteiger partial charge in [-0.2, -0.15) is 0 Å². The number of pyridine rings is 1. The number of benzene rings is 1. The van der Waals surface area contributed by atoms with Crippen molar-refractivity contribution in [2.45, 2.75) is 39.7 Å². The summed E-state index contributed by atoms with van der Waals surface area (Å²) < 4.78 is 0. The number of nitrogens with two attached hydrogens (primary N) is 1. The highest BCUT2D eigenvalue weighted by atomic mass is 16.3. The molecule has 0 radical (unpaired) electrons. The van der Waals surface area contributed by atoms with E-state index in [1.807, 2.05) is 25.1 Å². The van der Waals surface area contributed by atoms with E-state index in [9.17, 15) is 5.11 Å². The van der Waals surface area contributed by atoms with E-state index in [-0.39, 0.29) is 5.41 Å². The highest BCUT2D eigenvalue weighted by molar-refractivity contribution is 5.93. The lowest BCUT2D eigenvalue weighted by Crippen LogP contribution is -2.27. The molecule has 1 heterocycles. The number of rotatable bonds is 0. The third-order valence-corrected chi connectivity index (χ3v) is 4.02. The fourth-order valence-electron chi connectivity index (χ4n) is 3.13. The summed E-state index contributed by atoms with van der Waals surface area (Å²) in [5.41, 5.74) is 10.9. The van der Waals surface area contributed by atoms with Gasteiger partial charge in [0.25, 0.3) is 0 Å². The normalized spacial score (nSPS) is 21.4. The van der Waals surface area contributed by atoms with Crippen molar-refractivity contribution < 1.29 is 5.11 Å². The van der Waals surface area contributed by atoms with Crippen LogP contribution >= 0.6 is 0 Å². The lowest BCUT2D eigenvalue weighted by Gasteiger charge is -2.34. The van der Waals surface area contributed by atoms with Gasteiger partial charge in [-0.05, 0) is 37.3 Å². The van der Waals surface area contributed by atoms with E-state index in [1.165, 1.54) is 0 Å². The molecule has 1 aromatic carbocycles. The first-order chi connectivity index (χ1) is 8.87. The fraction of sp³-hybridized carbons (Fsp3) is 0.438. The zero-order valence-corrected chi connectivity index (χ0v) is 11.7. The van der Waals surface area contributed by atoms with E-state index >= 15 is 0 Å². The molecule has 3 nitrogen and oxygen atoms in total. The second-order valence-electron chi connectivity index (χ2n) is 6.47. The van der Waals surface area contributed by atoms with Gasteiger partial charge in [0.15, 0.2) is 0 Å². The van der Waals surface area contributed by atoms with Crippen LogP contribution in [-0.2, 0) is 6.42 Å². The minimum Gasteiger partial charge on any atom is -0.398 e. The number of aliphatic hydroxyl groups is 1. The Morgan fingerprint density at radius 2 is 2.11 bits per heavy atom. The van der Waals surface area contributed by atoms with Crippen molar-refractivity contribution in [1.82, 2.24) is 4.98 Å². The molecule has 3 rings (SSSR count). The van der Waals surface area contributed by atoms with Crippen molar-refractivity contribution in [3.63, 3.8) is 0 Å². The molecule has 0 spiro atoms. The summed E-state index contributed by atoms with van der Waals surface area (Å²) in [6.45, 7) is 6.37. The molecule has 2 aromatic rings. The second kappa shape index (κ2) is 3.94. The van der Waals surface area contributed by atoms with E-state index in [1.54, 1.807) is 0 Å². The molecule has 1 aromatic heterocycles. The van der Waals surface area contributed by atoms with Gasteiger partial charge in [-0.15, -0.1) is 0 Å². The van der Waals surface area contributed by atoms with Crippen LogP contribution in [-0.4, -0.2) is 10.1 Å². The van der Waals surface area contributed by atoms with E-state index < -0.39 is 6.10 Å². The van der Waals surface area contributed by atoms with E-state index in [4.69, 9.17) is 10.7 Å². The number of aliphatic hydroxyl groups excluding tert-OH is 1. The van der Waals surface area contributed by atoms with Crippen molar-refractivity contribution in [2.24, 2.45) is 5.41 Å². The molecule has 0 aliphatic heterocycles. The van der Waals surface area contributed by atoms with Crippen LogP contribution in [0.3, 0.4) is 0 Å². The van der Waals surface area contributed by atoms with E-state index in [0.29, 0.717) is 5.69 Å². The van der Waals surface area contributed by atoms with Crippen LogP contribution in [0.4, 0.5) is 5.69 Å². The third kappa shape index (κ3) is 1.98. The predicted octanol–water partition coefficient (Wildman–Crippen LogP) is 3.13. The number of anilines is 1. The highest BCUT2D eigenvalue weighted by Gasteiger charge is 2.34. The predicted molar refractivity (Wildman–Crippen MR) is 78.0 cm³/mol. The summed E-state index contributed by atoms with van der Waals surface area (Å²) in [4.78, 5) is 4.72. The maximum Gasteiger partial charge on any atom is 0.0833 e. The number of nitrogens with zero attached hydrogens (tertiary/aromatic N) is 1. The number of nitrogen functional groups attached to an aromatic ring is 1. The Labute approximate surface area is 113 Å². The Morgan fingerprint density at radius 1 is 1.37 bits per heavy atom. The fourth-order valence-corrected chi connectivity index (χ4v) is 3.13. The SMILES string of the molecule is Cc1ccc2nc3c(c(N)c2c1)C(O)CC(C)(C)C3. The number of hydrogen-bond donors (Lipinski definition) is 2. The van der Waals surface area contributed by atoms with Crippen molar-refractivity contribution in [3.8, 4) is 0 Å². The molecule has 3 N–H and O–H groups in total. The van der Waals surface area contributed by atoms with Crippen LogP contribution in [0.1, 0.15) is 43.2 Å². The Bertz CT molecular complexity index is 661. The minimum atomic E-state index is -0.504. The zero-order chi connectivity index (χ0) is 13.8. The lowest BCUT2D eigenvalue weighted by atomic mass is 9.74. The van der Waals surface area contributed by atoms with Gasteiger partial charge in [-0.25, -0.2) is 0 Å². The van der Waals surface area contributed by atoms with Crippen LogP contribution in [0, 0.1) is 12.3 Å². The molecular formula is C16H20N2O. The summed E-state index contributed by atoms with van der Waals surface area (Å²) >= 11 is 0. The largest absolute Gasteiger partial charge is 0.398 e. The van der Waals surface area contributed by atoms with Crippen LogP contribution < -0.4 is 5.73 Å². The molecule has 0 saturated carbocycles. The average molecular weight is 256 g/mol. The minimum absolute atomic E-state index is 0.0736. The van der Waals surface area contributed by atoms with Gasteiger partial charge in [0, 0.05) is 22.3 Å². The molecule has 3 heteroatoms. The first kappa shape index (κ1) is 12.4. The summed E-state index contributed by atoms with van der Waals surface area (Å²) in [6.07, 6.45) is 1.10. The Hall–Kier alpha value is -1.61. The van der Waals surface area contributed by atoms with Crippen molar-refractivity contribution in [1.29, 1.82) is 0 Å². The molecule has 1 unspecified atom stereocenters. The zero-order valence-electron chi connectivity index (χ0n) is 11.7. The monoisotopic (exact) mass is 256 g/mol. The number of hydrogen-bond acceptors (Lipinski definition) is 3. The van der Waals surface area contributed by atoms with Crippen molar-refractivity contribution >= 4 is 16.6 Å². The van der Waals surface area contributed by atoms with Gasteiger partial charge in [0.2, 0.25) is 0 Å². The smallest absolute Gasteiger partial charge is 0.0833 e. The van der Waals surface area contributed by atoms with Crippen molar-refractivity contribution in [3.05, 3.63) is 35.0 Å². The van der Waals surface area contributed by atoms with Crippen LogP contribution in [0.2, 0.25) is 0 Å². The van der Waals surface area contributed by atoms with Crippen LogP contribution in [0.15, 0.2) is 18.2 Å². The maximum atomic E-state index is 10.4. The molecule has 1 aliphatic rings. The summed E-state index contributed by atoms with van der Waals surface area (Å²) in [5.74, 6) is 0. The second-order valence-corrected chi connectivity index (χ2v) is 6.47. The maximum absolute atomic E-state index is 10.4. The van der Waals surface area contributed by atoms with E-state index in [2.05, 4.69) is 13.8 Å². The lowest BCUT2D eigenvalue weighted by molar-refractivity contribution is 0.0992. The molecular weight excluding hydrogens is 236 g/mol. The van der Waals surface area contributed by atoms with Crippen molar-refractivity contribution in [2.75, 3.05) is 5.73 Å². The molecule has 19 heavy (non-hydrogen) atoms. The third-order valence-electron chi connectivity index (χ3n) is 4.02. The quantitative estimate of drug-likeness (QED) is 0.761. The van der Waals surface area contributed by atoms with Gasteiger partial charge in [-0.3, -0.25) is 4.98 Å². The number of aryl methyl sites for hydroxylation is 1. The average Bonchev–Trinajstić information content (AvgIpc) is 2.28. The Balaban J connectivity index is 2.30. The molecule has 0 bridgehead atoms. The summed E-state index contributed by atoms with van der Waals surface area (Å²) in [5, 5.41) is 11.3. The van der Waals surface area contributed by atoms with Gasteiger partial charge < -0.3 is 10.8 Å². The standard InChI is InChI=1S/C16H20N2O/c1-9-4-5-11-10(6-9)15(17)14-12(18-11)7-16(2,3)8-13(14)19/h4-6,13,19H,7-8H2,1-3H3,(H2,17,18). The summed E-state index contributed by atoms with van der Waals surface area (Å²) in [7, 11) is 0. The van der Waals surface area contributed by atoms with E-state index in [0.717, 1.165) is 40.6 Å². The molecule has 1 atom stereocenters. The molecule has 0 saturated heterocycles. The molecule has 0 fully saturated rings. The van der Waals surface area contributed by atoms with Gasteiger partial charge >= 0.3 is 0 Å². The molecule has 100 valence electrons. The van der Waals surface area contributed by atoms with Gasteiger partial charge in [0.1, 0.15) is 0 Å². The first-order valence-corrected chi connectivity index (χ1v) is 6.74. The van der Waals surface area contributed by atoms with Gasteiger partial charge in [0.05, 0.1) is 11.6 Å². The number of fused-ring (bicyclic) bond motifs is 2.